The first-order valence-electron chi connectivity index (χ1n) is 14.3. The summed E-state index contributed by atoms with van der Waals surface area (Å²) in [6, 6.07) is 14.9. The standard InChI is InChI=1S/C33H35FO6S/c1-19-15-24(39-18-21-11-13-41(37,38)14-12-21)16-20(2)31(19)25-7-9-29(34)32-26(25)8-10-30(32)40-23-5-3-22(4-6-23)27-17-28(27)33(35)36/h3-7,9,15-16,21,27-28,30H,8,10-14,17-18H2,1-2H3,(H,35,36)/t27-,28+,30-/m1/s1. The molecule has 3 atom stereocenters. The number of aliphatic carboxylic acids is 1. The first-order valence-corrected chi connectivity index (χ1v) is 16.2. The van der Waals surface area contributed by atoms with Crippen LogP contribution < -0.4 is 9.47 Å². The van der Waals surface area contributed by atoms with Crippen LogP contribution in [0.5, 0.6) is 11.5 Å². The highest BCUT2D eigenvalue weighted by Crippen LogP contribution is 2.48. The van der Waals surface area contributed by atoms with Crippen LogP contribution in [-0.4, -0.2) is 37.6 Å². The van der Waals surface area contributed by atoms with Crippen molar-refractivity contribution >= 4 is 15.8 Å². The number of ether oxygens (including phenoxy) is 2. The van der Waals surface area contributed by atoms with E-state index >= 15 is 4.39 Å². The molecule has 0 radical (unpaired) electrons. The van der Waals surface area contributed by atoms with Crippen molar-refractivity contribution < 1.29 is 32.2 Å². The van der Waals surface area contributed by atoms with Crippen molar-refractivity contribution in [2.75, 3.05) is 18.1 Å². The summed E-state index contributed by atoms with van der Waals surface area (Å²) in [6.45, 7) is 4.58. The second-order valence-corrected chi connectivity index (χ2v) is 14.1. The minimum absolute atomic E-state index is 0.0584. The fraction of sp³-hybridized carbons (Fsp3) is 0.424. The van der Waals surface area contributed by atoms with Gasteiger partial charge in [-0.2, -0.15) is 0 Å². The van der Waals surface area contributed by atoms with Crippen molar-refractivity contribution in [1.82, 2.24) is 0 Å². The van der Waals surface area contributed by atoms with Gasteiger partial charge in [-0.15, -0.1) is 0 Å². The Morgan fingerprint density at radius 2 is 1.66 bits per heavy atom. The number of rotatable bonds is 8. The number of hydrogen-bond donors (Lipinski definition) is 1. The van der Waals surface area contributed by atoms with Gasteiger partial charge in [-0.1, -0.05) is 18.2 Å². The lowest BCUT2D eigenvalue weighted by Gasteiger charge is -2.23. The van der Waals surface area contributed by atoms with Crippen LogP contribution in [0.15, 0.2) is 48.5 Å². The van der Waals surface area contributed by atoms with E-state index in [0.29, 0.717) is 50.0 Å². The van der Waals surface area contributed by atoms with Crippen molar-refractivity contribution in [3.8, 4) is 22.6 Å². The van der Waals surface area contributed by atoms with Gasteiger partial charge in [0.05, 0.1) is 24.0 Å². The number of hydrogen-bond acceptors (Lipinski definition) is 5. The van der Waals surface area contributed by atoms with Gasteiger partial charge in [0.1, 0.15) is 33.3 Å². The van der Waals surface area contributed by atoms with E-state index < -0.39 is 21.9 Å². The second-order valence-electron chi connectivity index (χ2n) is 11.8. The number of benzene rings is 3. The van der Waals surface area contributed by atoms with Crippen molar-refractivity contribution in [3.63, 3.8) is 0 Å². The van der Waals surface area contributed by atoms with Gasteiger partial charge in [0.2, 0.25) is 0 Å². The lowest BCUT2D eigenvalue weighted by atomic mass is 9.90. The molecule has 0 unspecified atom stereocenters. The second kappa shape index (κ2) is 10.8. The average Bonchev–Trinajstić information content (AvgIpc) is 3.63. The van der Waals surface area contributed by atoms with E-state index in [4.69, 9.17) is 9.47 Å². The zero-order valence-corrected chi connectivity index (χ0v) is 24.2. The molecule has 2 fully saturated rings. The summed E-state index contributed by atoms with van der Waals surface area (Å²) in [5.74, 6) is 0.849. The zero-order chi connectivity index (χ0) is 28.9. The molecule has 1 N–H and O–H groups in total. The molecule has 0 amide bonds. The SMILES string of the molecule is Cc1cc(OCC2CCS(=O)(=O)CC2)cc(C)c1-c1ccc(F)c2c1CC[C@H]2Oc1ccc([C@H]2C[C@@H]2C(=O)O)cc1. The van der Waals surface area contributed by atoms with Crippen LogP contribution in [0, 0.1) is 31.5 Å². The first-order chi connectivity index (χ1) is 19.6. The Kier molecular flexibility index (Phi) is 7.30. The molecule has 0 aromatic heterocycles. The van der Waals surface area contributed by atoms with E-state index in [1.807, 2.05) is 56.3 Å². The number of fused-ring (bicyclic) bond motifs is 1. The van der Waals surface area contributed by atoms with Crippen molar-refractivity contribution in [2.24, 2.45) is 11.8 Å². The number of carbonyl (C=O) groups is 1. The fourth-order valence-corrected chi connectivity index (χ4v) is 8.16. The molecule has 0 spiro atoms. The van der Waals surface area contributed by atoms with Crippen LogP contribution in [0.1, 0.15) is 65.5 Å². The van der Waals surface area contributed by atoms with Gasteiger partial charge >= 0.3 is 5.97 Å². The Hall–Kier alpha value is -3.39. The third-order valence-electron chi connectivity index (χ3n) is 8.91. The third-order valence-corrected chi connectivity index (χ3v) is 10.6. The highest BCUT2D eigenvalue weighted by molar-refractivity contribution is 7.91. The minimum Gasteiger partial charge on any atom is -0.493 e. The summed E-state index contributed by atoms with van der Waals surface area (Å²) >= 11 is 0. The quantitative estimate of drug-likeness (QED) is 0.325. The smallest absolute Gasteiger partial charge is 0.307 e. The topological polar surface area (TPSA) is 89.9 Å². The van der Waals surface area contributed by atoms with Gasteiger partial charge in [-0.05, 0) is 121 Å². The molecule has 6 rings (SSSR count). The Labute approximate surface area is 240 Å². The molecule has 6 nitrogen and oxygen atoms in total. The zero-order valence-electron chi connectivity index (χ0n) is 23.4. The summed E-state index contributed by atoms with van der Waals surface area (Å²) in [4.78, 5) is 11.2. The third kappa shape index (κ3) is 5.71. The number of carboxylic acid groups (broad SMARTS) is 1. The first kappa shape index (κ1) is 27.8. The Balaban J connectivity index is 1.18. The van der Waals surface area contributed by atoms with Gasteiger partial charge in [0, 0.05) is 5.56 Å². The van der Waals surface area contributed by atoms with Crippen LogP contribution in [0.3, 0.4) is 0 Å². The van der Waals surface area contributed by atoms with Gasteiger partial charge in [-0.3, -0.25) is 4.79 Å². The monoisotopic (exact) mass is 578 g/mol. The maximum absolute atomic E-state index is 15.2. The Morgan fingerprint density at radius 3 is 2.29 bits per heavy atom. The van der Waals surface area contributed by atoms with Crippen LogP contribution in [0.2, 0.25) is 0 Å². The maximum atomic E-state index is 15.2. The normalized spacial score (nSPS) is 23.1. The summed E-state index contributed by atoms with van der Waals surface area (Å²) in [5, 5.41) is 9.21. The highest BCUT2D eigenvalue weighted by Gasteiger charge is 2.44. The molecule has 41 heavy (non-hydrogen) atoms. The molecule has 0 bridgehead atoms. The number of aryl methyl sites for hydroxylation is 2. The van der Waals surface area contributed by atoms with Gasteiger partial charge in [-0.25, -0.2) is 12.8 Å². The number of halogens is 1. The average molecular weight is 579 g/mol. The summed E-state index contributed by atoms with van der Waals surface area (Å²) in [7, 11) is -2.89. The van der Waals surface area contributed by atoms with E-state index in [2.05, 4.69) is 0 Å². The Morgan fingerprint density at radius 1 is 0.976 bits per heavy atom. The molecule has 1 heterocycles. The maximum Gasteiger partial charge on any atom is 0.307 e. The van der Waals surface area contributed by atoms with Gasteiger partial charge in [0.25, 0.3) is 0 Å². The molecule has 1 aliphatic heterocycles. The molecule has 216 valence electrons. The molecule has 3 aliphatic rings. The van der Waals surface area contributed by atoms with E-state index in [9.17, 15) is 18.3 Å². The van der Waals surface area contributed by atoms with Crippen LogP contribution in [-0.2, 0) is 21.1 Å². The largest absolute Gasteiger partial charge is 0.493 e. The number of carboxylic acids is 1. The molecular formula is C33H35FO6S. The van der Waals surface area contributed by atoms with E-state index in [1.165, 1.54) is 6.07 Å². The Bertz CT molecular complexity index is 1560. The van der Waals surface area contributed by atoms with Gasteiger partial charge < -0.3 is 14.6 Å². The number of sulfone groups is 1. The van der Waals surface area contributed by atoms with Crippen LogP contribution in [0.4, 0.5) is 4.39 Å². The summed E-state index contributed by atoms with van der Waals surface area (Å²) < 4.78 is 51.0. The predicted molar refractivity (Wildman–Crippen MR) is 155 cm³/mol. The minimum atomic E-state index is -2.89. The van der Waals surface area contributed by atoms with Gasteiger partial charge in [0.15, 0.2) is 0 Å². The van der Waals surface area contributed by atoms with E-state index in [-0.39, 0.29) is 35.1 Å². The molecule has 8 heteroatoms. The molecule has 2 aliphatic carbocycles. The van der Waals surface area contributed by atoms with Crippen LogP contribution >= 0.6 is 0 Å². The predicted octanol–water partition coefficient (Wildman–Crippen LogP) is 6.57. The van der Waals surface area contributed by atoms with E-state index in [0.717, 1.165) is 39.1 Å². The molecule has 3 aromatic rings. The van der Waals surface area contributed by atoms with Crippen LogP contribution in [0.25, 0.3) is 11.1 Å². The molecule has 1 saturated carbocycles. The highest BCUT2D eigenvalue weighted by atomic mass is 32.2. The van der Waals surface area contributed by atoms with E-state index in [1.54, 1.807) is 0 Å². The lowest BCUT2D eigenvalue weighted by Crippen LogP contribution is -2.26. The summed E-state index contributed by atoms with van der Waals surface area (Å²) in [5.41, 5.74) is 6.73. The van der Waals surface area contributed by atoms with Crippen molar-refractivity contribution in [2.45, 2.75) is 58.0 Å². The van der Waals surface area contributed by atoms with Crippen molar-refractivity contribution in [1.29, 1.82) is 0 Å². The van der Waals surface area contributed by atoms with Crippen molar-refractivity contribution in [3.05, 3.63) is 82.2 Å². The molecule has 1 saturated heterocycles. The fourth-order valence-electron chi connectivity index (χ4n) is 6.57. The molecular weight excluding hydrogens is 543 g/mol. The lowest BCUT2D eigenvalue weighted by molar-refractivity contribution is -0.138. The molecule has 3 aromatic carbocycles. The summed E-state index contributed by atoms with van der Waals surface area (Å²) in [6.07, 6.45) is 2.92.